The summed E-state index contributed by atoms with van der Waals surface area (Å²) >= 11 is 0. The number of aryl methyl sites for hydroxylation is 2. The quantitative estimate of drug-likeness (QED) is 0.580. The molecule has 0 radical (unpaired) electrons. The van der Waals surface area contributed by atoms with Crippen LogP contribution in [-0.2, 0) is 12.7 Å². The average molecular weight is 462 g/mol. The van der Waals surface area contributed by atoms with Gasteiger partial charge in [0.25, 0.3) is 5.76 Å². The van der Waals surface area contributed by atoms with E-state index in [-0.39, 0.29) is 40.6 Å². The number of benzene rings is 2. The first-order valence-electron chi connectivity index (χ1n) is 11.0. The van der Waals surface area contributed by atoms with Crippen molar-refractivity contribution in [2.45, 2.75) is 58.8 Å². The molecule has 176 valence electrons. The molecule has 1 saturated heterocycles. The zero-order valence-corrected chi connectivity index (χ0v) is 18.8. The van der Waals surface area contributed by atoms with Gasteiger partial charge in [-0.3, -0.25) is 4.79 Å². The maximum atomic E-state index is 14.0. The van der Waals surface area contributed by atoms with Gasteiger partial charge in [0.15, 0.2) is 5.58 Å². The predicted molar refractivity (Wildman–Crippen MR) is 118 cm³/mol. The Morgan fingerprint density at radius 1 is 1.18 bits per heavy atom. The number of phenolic OH excluding ortho intramolecular Hbond substituents is 1. The average Bonchev–Trinajstić information content (AvgIpc) is 2.75. The molecule has 0 amide bonds. The second kappa shape index (κ2) is 8.74. The van der Waals surface area contributed by atoms with Crippen molar-refractivity contribution in [3.8, 4) is 17.2 Å². The smallest absolute Gasteiger partial charge is 0.453 e. The van der Waals surface area contributed by atoms with Crippen LogP contribution in [0.5, 0.6) is 17.2 Å². The number of quaternary nitrogens is 1. The van der Waals surface area contributed by atoms with E-state index < -0.39 is 23.1 Å². The van der Waals surface area contributed by atoms with Crippen LogP contribution in [0.2, 0.25) is 0 Å². The molecule has 1 aliphatic heterocycles. The lowest BCUT2D eigenvalue weighted by Crippen LogP contribution is -3.14. The number of rotatable bonds is 4. The van der Waals surface area contributed by atoms with Gasteiger partial charge in [0.1, 0.15) is 18.0 Å². The highest BCUT2D eigenvalue weighted by molar-refractivity contribution is 5.83. The standard InChI is InChI=1S/C25H26F3NO4/c1-14-7-8-15(2)20(12-14)32-23-21(31)17-9-10-19(30)18(13-29-11-5-4-6-16(29)3)22(17)33-24(23)25(26,27)28/h7-10,12,16,30H,4-6,11,13H2,1-3H3/p+1/t16-/m0/s1. The molecule has 0 aliphatic carbocycles. The summed E-state index contributed by atoms with van der Waals surface area (Å²) < 4.78 is 52.9. The third-order valence-corrected chi connectivity index (χ3v) is 6.40. The lowest BCUT2D eigenvalue weighted by atomic mass is 10.0. The van der Waals surface area contributed by atoms with Gasteiger partial charge in [-0.2, -0.15) is 13.2 Å². The van der Waals surface area contributed by atoms with Crippen molar-refractivity contribution in [2.75, 3.05) is 6.54 Å². The van der Waals surface area contributed by atoms with E-state index in [1.54, 1.807) is 32.0 Å². The third kappa shape index (κ3) is 4.57. The van der Waals surface area contributed by atoms with Crippen molar-refractivity contribution in [2.24, 2.45) is 0 Å². The lowest BCUT2D eigenvalue weighted by Gasteiger charge is -2.30. The van der Waals surface area contributed by atoms with Gasteiger partial charge in [0.2, 0.25) is 11.2 Å². The lowest BCUT2D eigenvalue weighted by molar-refractivity contribution is -0.941. The highest BCUT2D eigenvalue weighted by Crippen LogP contribution is 2.40. The second-order valence-corrected chi connectivity index (χ2v) is 8.88. The monoisotopic (exact) mass is 462 g/mol. The number of hydrogen-bond acceptors (Lipinski definition) is 4. The highest BCUT2D eigenvalue weighted by Gasteiger charge is 2.41. The number of aromatic hydroxyl groups is 1. The minimum absolute atomic E-state index is 0.0554. The van der Waals surface area contributed by atoms with Crippen LogP contribution in [0, 0.1) is 13.8 Å². The molecule has 1 aliphatic rings. The van der Waals surface area contributed by atoms with Gasteiger partial charge in [0, 0.05) is 0 Å². The van der Waals surface area contributed by atoms with Crippen molar-refractivity contribution < 1.29 is 32.3 Å². The Morgan fingerprint density at radius 3 is 2.64 bits per heavy atom. The van der Waals surface area contributed by atoms with Crippen molar-refractivity contribution >= 4 is 11.0 Å². The molecule has 33 heavy (non-hydrogen) atoms. The van der Waals surface area contributed by atoms with Crippen LogP contribution >= 0.6 is 0 Å². The topological polar surface area (TPSA) is 64.1 Å². The van der Waals surface area contributed by atoms with E-state index in [1.165, 1.54) is 12.1 Å². The molecule has 4 rings (SSSR count). The van der Waals surface area contributed by atoms with E-state index in [4.69, 9.17) is 9.15 Å². The molecular formula is C25H27F3NO4+. The molecule has 2 heterocycles. The zero-order chi connectivity index (χ0) is 23.9. The molecular weight excluding hydrogens is 435 g/mol. The van der Waals surface area contributed by atoms with Crippen molar-refractivity contribution in [1.29, 1.82) is 0 Å². The first-order chi connectivity index (χ1) is 15.6. The van der Waals surface area contributed by atoms with Gasteiger partial charge in [-0.05, 0) is 69.4 Å². The van der Waals surface area contributed by atoms with Gasteiger partial charge in [-0.15, -0.1) is 0 Å². The fourth-order valence-electron chi connectivity index (χ4n) is 4.41. The Bertz CT molecular complexity index is 1250. The maximum absolute atomic E-state index is 14.0. The summed E-state index contributed by atoms with van der Waals surface area (Å²) in [6.45, 7) is 6.63. The molecule has 2 atom stereocenters. The van der Waals surface area contributed by atoms with E-state index in [1.807, 2.05) is 0 Å². The Kier molecular flexibility index (Phi) is 6.14. The fraction of sp³-hybridized carbons (Fsp3) is 0.400. The number of phenols is 1. The molecule has 0 bridgehead atoms. The Hall–Kier alpha value is -3.00. The summed E-state index contributed by atoms with van der Waals surface area (Å²) in [5.41, 5.74) is 0.401. The predicted octanol–water partition coefficient (Wildman–Crippen LogP) is 4.88. The van der Waals surface area contributed by atoms with E-state index in [9.17, 15) is 23.1 Å². The number of fused-ring (bicyclic) bond motifs is 1. The summed E-state index contributed by atoms with van der Waals surface area (Å²) in [5.74, 6) is -2.45. The van der Waals surface area contributed by atoms with Crippen LogP contribution in [0.4, 0.5) is 13.2 Å². The number of alkyl halides is 3. The van der Waals surface area contributed by atoms with E-state index in [0.717, 1.165) is 36.3 Å². The number of halogens is 3. The van der Waals surface area contributed by atoms with Crippen LogP contribution in [0.15, 0.2) is 39.5 Å². The summed E-state index contributed by atoms with van der Waals surface area (Å²) in [7, 11) is 0. The van der Waals surface area contributed by atoms with Crippen LogP contribution < -0.4 is 15.1 Å². The third-order valence-electron chi connectivity index (χ3n) is 6.40. The van der Waals surface area contributed by atoms with Crippen LogP contribution in [0.1, 0.15) is 48.6 Å². The van der Waals surface area contributed by atoms with Gasteiger partial charge < -0.3 is 19.2 Å². The SMILES string of the molecule is Cc1ccc(C)c(Oc2c(C(F)(F)F)oc3c(C[NH+]4CCCC[C@@H]4C)c(O)ccc3c2=O)c1. The zero-order valence-electron chi connectivity index (χ0n) is 18.8. The molecule has 1 fully saturated rings. The second-order valence-electron chi connectivity index (χ2n) is 8.88. The normalized spacial score (nSPS) is 19.1. The van der Waals surface area contributed by atoms with Crippen LogP contribution in [0.25, 0.3) is 11.0 Å². The molecule has 0 saturated carbocycles. The molecule has 1 aromatic heterocycles. The first-order valence-corrected chi connectivity index (χ1v) is 11.0. The highest BCUT2D eigenvalue weighted by atomic mass is 19.4. The fourth-order valence-corrected chi connectivity index (χ4v) is 4.41. The van der Waals surface area contributed by atoms with E-state index in [2.05, 4.69) is 6.92 Å². The minimum atomic E-state index is -4.96. The minimum Gasteiger partial charge on any atom is -0.507 e. The Labute approximate surface area is 189 Å². The van der Waals surface area contributed by atoms with Gasteiger partial charge in [-0.25, -0.2) is 0 Å². The molecule has 2 N–H and O–H groups in total. The van der Waals surface area contributed by atoms with Gasteiger partial charge >= 0.3 is 6.18 Å². The van der Waals surface area contributed by atoms with Crippen molar-refractivity contribution in [3.05, 3.63) is 63.0 Å². The summed E-state index contributed by atoms with van der Waals surface area (Å²) in [4.78, 5) is 14.4. The number of ether oxygens (including phenoxy) is 1. The molecule has 5 nitrogen and oxygen atoms in total. The number of nitrogens with one attached hydrogen (secondary N) is 1. The van der Waals surface area contributed by atoms with Gasteiger partial charge in [-0.1, -0.05) is 12.1 Å². The van der Waals surface area contributed by atoms with E-state index >= 15 is 0 Å². The van der Waals surface area contributed by atoms with Crippen LogP contribution in [-0.4, -0.2) is 17.7 Å². The summed E-state index contributed by atoms with van der Waals surface area (Å²) in [5, 5.41) is 10.4. The number of piperidine rings is 1. The molecule has 1 unspecified atom stereocenters. The summed E-state index contributed by atoms with van der Waals surface area (Å²) in [6, 6.07) is 7.98. The molecule has 2 aromatic carbocycles. The van der Waals surface area contributed by atoms with Crippen molar-refractivity contribution in [1.82, 2.24) is 0 Å². The summed E-state index contributed by atoms with van der Waals surface area (Å²) in [6.07, 6.45) is -1.88. The van der Waals surface area contributed by atoms with Crippen LogP contribution in [0.3, 0.4) is 0 Å². The Balaban J connectivity index is 1.90. The number of hydrogen-bond donors (Lipinski definition) is 2. The number of likely N-dealkylation sites (tertiary alicyclic amines) is 1. The van der Waals surface area contributed by atoms with Crippen molar-refractivity contribution in [3.63, 3.8) is 0 Å². The molecule has 0 spiro atoms. The maximum Gasteiger partial charge on any atom is 0.453 e. The molecule has 3 aromatic rings. The van der Waals surface area contributed by atoms with E-state index in [0.29, 0.717) is 5.56 Å². The largest absolute Gasteiger partial charge is 0.507 e. The van der Waals surface area contributed by atoms with Gasteiger partial charge in [0.05, 0.1) is 23.5 Å². The Morgan fingerprint density at radius 2 is 1.94 bits per heavy atom. The molecule has 8 heteroatoms. The first kappa shape index (κ1) is 23.2.